The molecule has 0 N–H and O–H groups in total. The van der Waals surface area contributed by atoms with E-state index in [0.29, 0.717) is 31.1 Å². The van der Waals surface area contributed by atoms with E-state index in [4.69, 9.17) is 9.47 Å². The Kier molecular flexibility index (Phi) is 8.26. The third-order valence-electron chi connectivity index (χ3n) is 5.19. The summed E-state index contributed by atoms with van der Waals surface area (Å²) in [6.45, 7) is 4.58. The lowest BCUT2D eigenvalue weighted by Crippen LogP contribution is -2.41. The van der Waals surface area contributed by atoms with Crippen LogP contribution in [0.5, 0.6) is 5.88 Å². The molecule has 3 rings (SSSR count). The minimum atomic E-state index is -4.84. The number of ether oxygens (including phenoxy) is 2. The number of amides is 1. The summed E-state index contributed by atoms with van der Waals surface area (Å²) in [7, 11) is 0. The van der Waals surface area contributed by atoms with E-state index in [0.717, 1.165) is 18.5 Å². The molecule has 14 heteroatoms. The van der Waals surface area contributed by atoms with Gasteiger partial charge in [0.2, 0.25) is 11.7 Å². The second kappa shape index (κ2) is 10.7. The number of hydrogen-bond donors (Lipinski definition) is 0. The first-order valence-corrected chi connectivity index (χ1v) is 12.2. The van der Waals surface area contributed by atoms with E-state index in [9.17, 15) is 18.0 Å². The molecule has 0 unspecified atom stereocenters. The van der Waals surface area contributed by atoms with Gasteiger partial charge in [-0.15, -0.1) is 0 Å². The van der Waals surface area contributed by atoms with E-state index in [1.807, 2.05) is 0 Å². The molecule has 3 heterocycles. The van der Waals surface area contributed by atoms with Crippen molar-refractivity contribution in [3.8, 4) is 5.88 Å². The minimum Gasteiger partial charge on any atom is -0.471 e. The molecule has 1 fully saturated rings. The maximum atomic E-state index is 15.3. The Labute approximate surface area is 209 Å². The monoisotopic (exact) mass is 535 g/mol. The van der Waals surface area contributed by atoms with Crippen LogP contribution < -0.4 is 4.74 Å². The van der Waals surface area contributed by atoms with Gasteiger partial charge in [-0.3, -0.25) is 0 Å². The van der Waals surface area contributed by atoms with Crippen LogP contribution in [0.15, 0.2) is 23.6 Å². The maximum absolute atomic E-state index is 15.3. The Balaban J connectivity index is 1.77. The minimum absolute atomic E-state index is 0.116. The Hall–Kier alpha value is -2.77. The first-order chi connectivity index (χ1) is 16.7. The fourth-order valence-corrected chi connectivity index (χ4v) is 3.88. The Bertz CT molecular complexity index is 1070. The van der Waals surface area contributed by atoms with E-state index in [1.165, 1.54) is 16.7 Å². The lowest BCUT2D eigenvalue weighted by atomic mass is 9.89. The molecule has 0 aliphatic carbocycles. The molecule has 0 aromatic carbocycles. The number of halogens is 5. The summed E-state index contributed by atoms with van der Waals surface area (Å²) in [6, 6.07) is 0.964. The van der Waals surface area contributed by atoms with Crippen LogP contribution in [0.2, 0.25) is 0 Å². The van der Waals surface area contributed by atoms with Crippen molar-refractivity contribution >= 4 is 17.9 Å². The molecule has 198 valence electrons. The van der Waals surface area contributed by atoms with Gasteiger partial charge < -0.3 is 14.4 Å². The lowest BCUT2D eigenvalue weighted by Gasteiger charge is -2.34. The molecular weight excluding hydrogens is 509 g/mol. The van der Waals surface area contributed by atoms with Crippen LogP contribution in [0.1, 0.15) is 56.6 Å². The van der Waals surface area contributed by atoms with Crippen molar-refractivity contribution in [3.05, 3.63) is 35.5 Å². The van der Waals surface area contributed by atoms with Crippen LogP contribution >= 0.6 is 11.8 Å². The number of rotatable bonds is 6. The Morgan fingerprint density at radius 3 is 2.36 bits per heavy atom. The quantitative estimate of drug-likeness (QED) is 0.280. The summed E-state index contributed by atoms with van der Waals surface area (Å²) in [5, 5.41) is 0.297. The standard InChI is InChI=1S/C22H26F5N5O3S/c1-20(2,3)35-19(33)32-9-6-13(7-10-32)16-14(11-29-18(31-16)36-4)21(23,24)12-34-15-5-8-28-17(30-15)22(25,26)27/h5,8,11,13H,6-7,9-10,12H2,1-4H3. The largest absolute Gasteiger partial charge is 0.471 e. The van der Waals surface area contributed by atoms with Crippen molar-refractivity contribution in [2.45, 2.75) is 62.4 Å². The van der Waals surface area contributed by atoms with Crippen molar-refractivity contribution in [3.63, 3.8) is 0 Å². The molecular formula is C22H26F5N5O3S. The van der Waals surface area contributed by atoms with Gasteiger partial charge >= 0.3 is 18.2 Å². The molecule has 1 aliphatic rings. The number of likely N-dealkylation sites (tertiary alicyclic amines) is 1. The molecule has 0 saturated carbocycles. The third kappa shape index (κ3) is 7.14. The van der Waals surface area contributed by atoms with Crippen LogP contribution in [0.3, 0.4) is 0 Å². The van der Waals surface area contributed by atoms with Gasteiger partial charge in [0.15, 0.2) is 11.8 Å². The first kappa shape index (κ1) is 27.8. The number of nitrogens with zero attached hydrogens (tertiary/aromatic N) is 5. The fraction of sp³-hybridized carbons (Fsp3) is 0.591. The van der Waals surface area contributed by atoms with E-state index in [2.05, 4.69) is 19.9 Å². The molecule has 1 saturated heterocycles. The SMILES string of the molecule is CSc1ncc(C(F)(F)COc2ccnc(C(F)(F)F)n2)c(C2CCN(C(=O)OC(C)(C)C)CC2)n1. The van der Waals surface area contributed by atoms with Gasteiger partial charge in [-0.1, -0.05) is 11.8 Å². The van der Waals surface area contributed by atoms with Gasteiger partial charge in [0.1, 0.15) is 5.60 Å². The second-order valence-corrected chi connectivity index (χ2v) is 9.88. The van der Waals surface area contributed by atoms with Crippen LogP contribution in [0, 0.1) is 0 Å². The molecule has 0 spiro atoms. The lowest BCUT2D eigenvalue weighted by molar-refractivity contribution is -0.145. The van der Waals surface area contributed by atoms with Crippen molar-refractivity contribution in [2.75, 3.05) is 26.0 Å². The highest BCUT2D eigenvalue weighted by Gasteiger charge is 2.40. The number of hydrogen-bond acceptors (Lipinski definition) is 8. The van der Waals surface area contributed by atoms with Crippen molar-refractivity contribution < 1.29 is 36.2 Å². The predicted molar refractivity (Wildman–Crippen MR) is 120 cm³/mol. The highest BCUT2D eigenvalue weighted by molar-refractivity contribution is 7.98. The number of carbonyl (C=O) groups is 1. The van der Waals surface area contributed by atoms with Gasteiger partial charge in [-0.25, -0.2) is 19.7 Å². The zero-order valence-corrected chi connectivity index (χ0v) is 20.9. The van der Waals surface area contributed by atoms with Gasteiger partial charge in [0, 0.05) is 37.5 Å². The van der Waals surface area contributed by atoms with E-state index in [1.54, 1.807) is 27.0 Å². The number of aromatic nitrogens is 4. The van der Waals surface area contributed by atoms with Crippen molar-refractivity contribution in [1.29, 1.82) is 0 Å². The highest BCUT2D eigenvalue weighted by Crippen LogP contribution is 2.38. The van der Waals surface area contributed by atoms with E-state index >= 15 is 8.78 Å². The van der Waals surface area contributed by atoms with Crippen LogP contribution in [0.25, 0.3) is 0 Å². The first-order valence-electron chi connectivity index (χ1n) is 11.0. The highest BCUT2D eigenvalue weighted by atomic mass is 32.2. The zero-order valence-electron chi connectivity index (χ0n) is 20.1. The molecule has 1 amide bonds. The summed E-state index contributed by atoms with van der Waals surface area (Å²) in [5.41, 5.74) is -1.03. The molecule has 0 radical (unpaired) electrons. The average molecular weight is 536 g/mol. The smallest absolute Gasteiger partial charge is 0.451 e. The van der Waals surface area contributed by atoms with Gasteiger partial charge in [-0.05, 0) is 39.9 Å². The summed E-state index contributed by atoms with van der Waals surface area (Å²) >= 11 is 1.19. The van der Waals surface area contributed by atoms with Gasteiger partial charge in [0.05, 0.1) is 11.3 Å². The van der Waals surface area contributed by atoms with Crippen LogP contribution in [-0.2, 0) is 16.8 Å². The third-order valence-corrected chi connectivity index (χ3v) is 5.75. The topological polar surface area (TPSA) is 90.3 Å². The molecule has 1 aliphatic heterocycles. The summed E-state index contributed by atoms with van der Waals surface area (Å²) in [6.07, 6.45) is -1.08. The second-order valence-electron chi connectivity index (χ2n) is 9.11. The summed E-state index contributed by atoms with van der Waals surface area (Å²) in [4.78, 5) is 28.4. The normalized spacial score (nSPS) is 15.6. The Morgan fingerprint density at radius 1 is 1.11 bits per heavy atom. The Morgan fingerprint density at radius 2 is 1.78 bits per heavy atom. The summed E-state index contributed by atoms with van der Waals surface area (Å²) < 4.78 is 79.3. The number of carbonyl (C=O) groups excluding carboxylic acids is 1. The van der Waals surface area contributed by atoms with Gasteiger partial charge in [0.25, 0.3) is 0 Å². The number of alkyl halides is 5. The van der Waals surface area contributed by atoms with Crippen LogP contribution in [-0.4, -0.2) is 62.5 Å². The average Bonchev–Trinajstić information content (AvgIpc) is 2.81. The number of thioether (sulfide) groups is 1. The molecule has 0 atom stereocenters. The van der Waals surface area contributed by atoms with Crippen molar-refractivity contribution in [2.24, 2.45) is 0 Å². The fourth-order valence-electron chi connectivity index (χ4n) is 3.53. The summed E-state index contributed by atoms with van der Waals surface area (Å²) in [5.74, 6) is -6.15. The molecule has 0 bridgehead atoms. The molecule has 8 nitrogen and oxygen atoms in total. The van der Waals surface area contributed by atoms with E-state index < -0.39 is 53.6 Å². The van der Waals surface area contributed by atoms with Gasteiger partial charge in [-0.2, -0.15) is 26.9 Å². The molecule has 36 heavy (non-hydrogen) atoms. The van der Waals surface area contributed by atoms with Crippen LogP contribution in [0.4, 0.5) is 26.7 Å². The molecule has 2 aromatic heterocycles. The maximum Gasteiger partial charge on any atom is 0.451 e. The molecule has 2 aromatic rings. The number of piperidine rings is 1. The zero-order chi connectivity index (χ0) is 26.7. The van der Waals surface area contributed by atoms with E-state index in [-0.39, 0.29) is 5.69 Å². The predicted octanol–water partition coefficient (Wildman–Crippen LogP) is 5.29. The van der Waals surface area contributed by atoms with Crippen molar-refractivity contribution in [1.82, 2.24) is 24.8 Å².